The Bertz CT molecular complexity index is 1290. The van der Waals surface area contributed by atoms with Crippen LogP contribution in [0.1, 0.15) is 55.1 Å². The number of carbonyl (C=O) groups is 1. The molecule has 0 bridgehead atoms. The van der Waals surface area contributed by atoms with Gasteiger partial charge in [0.25, 0.3) is 0 Å². The van der Waals surface area contributed by atoms with Crippen LogP contribution in [0.15, 0.2) is 41.2 Å². The number of nitrogens with zero attached hydrogens (tertiary/aromatic N) is 2. The summed E-state index contributed by atoms with van der Waals surface area (Å²) in [6.45, 7) is 9.41. The molecule has 0 amide bonds. The van der Waals surface area contributed by atoms with Crippen LogP contribution in [0.25, 0.3) is 17.2 Å². The number of esters is 1. The van der Waals surface area contributed by atoms with Gasteiger partial charge in [0.15, 0.2) is 23.5 Å². The van der Waals surface area contributed by atoms with Crippen LogP contribution in [-0.2, 0) is 11.3 Å². The van der Waals surface area contributed by atoms with Crippen molar-refractivity contribution in [2.75, 3.05) is 32.1 Å². The van der Waals surface area contributed by atoms with Crippen LogP contribution in [-0.4, -0.2) is 54.3 Å². The van der Waals surface area contributed by atoms with Gasteiger partial charge in [-0.15, -0.1) is 0 Å². The van der Waals surface area contributed by atoms with Crippen LogP contribution in [0, 0.1) is 0 Å². The monoisotopic (exact) mass is 491 g/mol. The lowest BCUT2D eigenvalue weighted by Gasteiger charge is -2.34. The lowest BCUT2D eigenvalue weighted by molar-refractivity contribution is 0.0601. The molecule has 0 unspecified atom stereocenters. The maximum Gasteiger partial charge on any atom is 0.340 e. The van der Waals surface area contributed by atoms with Gasteiger partial charge in [0.1, 0.15) is 11.1 Å². The van der Waals surface area contributed by atoms with E-state index < -0.39 is 5.97 Å². The number of nitrogens with one attached hydrogen (secondary N) is 1. The molecular weight excluding hydrogens is 458 g/mol. The standard InChI is InChI=1S/C28H33N3O5/c1-5-34-25-13-18(12-19-6-9-28(2,3)36-26(19)25)16-31-10-7-20(8-11-31)30-22-15-23-24(35-17-29-23)14-21(22)27(32)33-4/h6,9,12-15,17,20,30H,5,7-8,10-11,16H2,1-4H3. The maximum absolute atomic E-state index is 12.4. The van der Waals surface area contributed by atoms with E-state index in [1.54, 1.807) is 6.07 Å². The third-order valence-corrected chi connectivity index (χ3v) is 6.70. The smallest absolute Gasteiger partial charge is 0.340 e. The summed E-state index contributed by atoms with van der Waals surface area (Å²) in [5, 5.41) is 3.55. The lowest BCUT2D eigenvalue weighted by atomic mass is 9.99. The van der Waals surface area contributed by atoms with Gasteiger partial charge in [-0.1, -0.05) is 6.08 Å². The molecule has 0 spiro atoms. The van der Waals surface area contributed by atoms with E-state index in [9.17, 15) is 4.79 Å². The van der Waals surface area contributed by atoms with Crippen molar-refractivity contribution in [3.8, 4) is 11.5 Å². The third-order valence-electron chi connectivity index (χ3n) is 6.70. The second kappa shape index (κ2) is 9.85. The Hall–Kier alpha value is -3.52. The number of ether oxygens (including phenoxy) is 3. The zero-order valence-electron chi connectivity index (χ0n) is 21.3. The molecule has 2 aliphatic heterocycles. The Morgan fingerprint density at radius 1 is 1.22 bits per heavy atom. The summed E-state index contributed by atoms with van der Waals surface area (Å²) in [7, 11) is 1.38. The number of carbonyl (C=O) groups excluding carboxylic acids is 1. The Labute approximate surface area is 211 Å². The van der Waals surface area contributed by atoms with Gasteiger partial charge in [0, 0.05) is 31.2 Å². The van der Waals surface area contributed by atoms with E-state index in [2.05, 4.69) is 39.5 Å². The number of aromatic nitrogens is 1. The average molecular weight is 492 g/mol. The van der Waals surface area contributed by atoms with E-state index in [-0.39, 0.29) is 11.6 Å². The number of anilines is 1. The molecule has 8 nitrogen and oxygen atoms in total. The quantitative estimate of drug-likeness (QED) is 0.447. The molecule has 1 N–H and O–H groups in total. The summed E-state index contributed by atoms with van der Waals surface area (Å²) in [6, 6.07) is 8.10. The number of piperidine rings is 1. The molecule has 2 aliphatic rings. The predicted octanol–water partition coefficient (Wildman–Crippen LogP) is 5.27. The van der Waals surface area contributed by atoms with Gasteiger partial charge in [-0.05, 0) is 69.5 Å². The second-order valence-electron chi connectivity index (χ2n) is 9.89. The molecule has 8 heteroatoms. The number of oxazole rings is 1. The van der Waals surface area contributed by atoms with Crippen LogP contribution in [0.4, 0.5) is 5.69 Å². The molecule has 36 heavy (non-hydrogen) atoms. The highest BCUT2D eigenvalue weighted by Gasteiger charge is 2.27. The van der Waals surface area contributed by atoms with Crippen LogP contribution in [0.2, 0.25) is 0 Å². The van der Waals surface area contributed by atoms with Crippen LogP contribution in [0.5, 0.6) is 11.5 Å². The van der Waals surface area contributed by atoms with Crippen molar-refractivity contribution in [2.24, 2.45) is 0 Å². The van der Waals surface area contributed by atoms with Crippen molar-refractivity contribution in [2.45, 2.75) is 51.8 Å². The van der Waals surface area contributed by atoms with E-state index >= 15 is 0 Å². The van der Waals surface area contributed by atoms with Crippen molar-refractivity contribution < 1.29 is 23.4 Å². The minimum atomic E-state index is -0.396. The molecule has 1 fully saturated rings. The Balaban J connectivity index is 1.26. The average Bonchev–Trinajstić information content (AvgIpc) is 3.32. The highest BCUT2D eigenvalue weighted by molar-refractivity contribution is 5.99. The Kier molecular flexibility index (Phi) is 6.62. The largest absolute Gasteiger partial charge is 0.490 e. The molecule has 2 aromatic carbocycles. The van der Waals surface area contributed by atoms with E-state index in [1.165, 1.54) is 19.1 Å². The van der Waals surface area contributed by atoms with Gasteiger partial charge < -0.3 is 23.9 Å². The fourth-order valence-electron chi connectivity index (χ4n) is 4.87. The van der Waals surface area contributed by atoms with Gasteiger partial charge in [-0.2, -0.15) is 0 Å². The summed E-state index contributed by atoms with van der Waals surface area (Å²) in [6.07, 6.45) is 7.51. The summed E-state index contributed by atoms with van der Waals surface area (Å²) in [5.41, 5.74) is 4.39. The minimum Gasteiger partial charge on any atom is -0.490 e. The van der Waals surface area contributed by atoms with Crippen molar-refractivity contribution in [1.29, 1.82) is 0 Å². The second-order valence-corrected chi connectivity index (χ2v) is 9.89. The highest BCUT2D eigenvalue weighted by atomic mass is 16.5. The maximum atomic E-state index is 12.4. The van der Waals surface area contributed by atoms with Gasteiger partial charge in [-0.25, -0.2) is 9.78 Å². The first kappa shape index (κ1) is 24.2. The van der Waals surface area contributed by atoms with E-state index in [4.69, 9.17) is 18.6 Å². The first-order chi connectivity index (χ1) is 17.3. The SMILES string of the molecule is CCOc1cc(CN2CCC(Nc3cc4ncoc4cc3C(=O)OC)CC2)cc2c1OC(C)(C)C=C2. The number of likely N-dealkylation sites (tertiary alicyclic amines) is 1. The zero-order chi connectivity index (χ0) is 25.3. The first-order valence-electron chi connectivity index (χ1n) is 12.5. The molecule has 1 aromatic heterocycles. The number of hydrogen-bond donors (Lipinski definition) is 1. The number of hydrogen-bond acceptors (Lipinski definition) is 8. The van der Waals surface area contributed by atoms with Crippen LogP contribution in [0.3, 0.4) is 0 Å². The molecule has 1 saturated heterocycles. The van der Waals surface area contributed by atoms with E-state index in [0.717, 1.165) is 55.2 Å². The van der Waals surface area contributed by atoms with Crippen molar-refractivity contribution >= 4 is 28.8 Å². The van der Waals surface area contributed by atoms with Gasteiger partial charge in [0.2, 0.25) is 0 Å². The Morgan fingerprint density at radius 2 is 2.03 bits per heavy atom. The van der Waals surface area contributed by atoms with Gasteiger partial charge in [-0.3, -0.25) is 4.90 Å². The molecule has 190 valence electrons. The third kappa shape index (κ3) is 5.04. The minimum absolute atomic E-state index is 0.245. The van der Waals surface area contributed by atoms with Crippen molar-refractivity contribution in [1.82, 2.24) is 9.88 Å². The molecule has 0 aliphatic carbocycles. The zero-order valence-corrected chi connectivity index (χ0v) is 21.3. The van der Waals surface area contributed by atoms with Gasteiger partial charge in [0.05, 0.1) is 25.0 Å². The molecular formula is C28H33N3O5. The topological polar surface area (TPSA) is 86.1 Å². The summed E-state index contributed by atoms with van der Waals surface area (Å²) < 4.78 is 22.5. The molecule has 0 saturated carbocycles. The van der Waals surface area contributed by atoms with E-state index in [0.29, 0.717) is 23.3 Å². The summed E-state index contributed by atoms with van der Waals surface area (Å²) in [4.78, 5) is 19.0. The fraction of sp³-hybridized carbons (Fsp3) is 0.429. The van der Waals surface area contributed by atoms with Crippen molar-refractivity contribution in [3.63, 3.8) is 0 Å². The molecule has 3 heterocycles. The van der Waals surface area contributed by atoms with E-state index in [1.807, 2.05) is 26.8 Å². The highest BCUT2D eigenvalue weighted by Crippen LogP contribution is 2.40. The summed E-state index contributed by atoms with van der Waals surface area (Å²) in [5.74, 6) is 1.23. The fourth-order valence-corrected chi connectivity index (χ4v) is 4.87. The number of rotatable bonds is 7. The van der Waals surface area contributed by atoms with Crippen molar-refractivity contribution in [3.05, 3.63) is 53.4 Å². The first-order valence-corrected chi connectivity index (χ1v) is 12.5. The molecule has 0 radical (unpaired) electrons. The molecule has 3 aromatic rings. The number of benzene rings is 2. The number of fused-ring (bicyclic) bond motifs is 2. The molecule has 5 rings (SSSR count). The van der Waals surface area contributed by atoms with Crippen LogP contribution >= 0.6 is 0 Å². The molecule has 0 atom stereocenters. The Morgan fingerprint density at radius 3 is 2.78 bits per heavy atom. The van der Waals surface area contributed by atoms with Crippen LogP contribution < -0.4 is 14.8 Å². The van der Waals surface area contributed by atoms with Gasteiger partial charge >= 0.3 is 5.97 Å². The summed E-state index contributed by atoms with van der Waals surface area (Å²) >= 11 is 0. The number of methoxy groups -OCH3 is 1. The lowest BCUT2D eigenvalue weighted by Crippen LogP contribution is -2.39. The normalized spacial score (nSPS) is 17.4. The predicted molar refractivity (Wildman–Crippen MR) is 139 cm³/mol.